The van der Waals surface area contributed by atoms with Crippen molar-refractivity contribution in [3.63, 3.8) is 0 Å². The van der Waals surface area contributed by atoms with Crippen molar-refractivity contribution in [3.05, 3.63) is 28.7 Å². The lowest BCUT2D eigenvalue weighted by Gasteiger charge is -2.38. The van der Waals surface area contributed by atoms with Crippen molar-refractivity contribution in [3.8, 4) is 0 Å². The number of anilines is 1. The smallest absolute Gasteiger partial charge is 0.368 e. The number of benzene rings is 1. The molecule has 22 heavy (non-hydrogen) atoms. The summed E-state index contributed by atoms with van der Waals surface area (Å²) in [6.45, 7) is 1.79. The lowest BCUT2D eigenvalue weighted by Crippen LogP contribution is -2.53. The molecule has 0 radical (unpaired) electrons. The van der Waals surface area contributed by atoms with E-state index in [1.807, 2.05) is 24.3 Å². The minimum Gasteiger partial charge on any atom is -0.368 e. The molecule has 1 aliphatic carbocycles. The highest BCUT2D eigenvalue weighted by molar-refractivity contribution is 9.10. The van der Waals surface area contributed by atoms with Crippen molar-refractivity contribution < 1.29 is 18.0 Å². The maximum Gasteiger partial charge on any atom is 0.403 e. The second kappa shape index (κ2) is 5.44. The van der Waals surface area contributed by atoms with Crippen molar-refractivity contribution >= 4 is 27.5 Å². The number of hydrogen-bond acceptors (Lipinski definition) is 2. The molecule has 1 aromatic carbocycles. The Labute approximate surface area is 135 Å². The minimum absolute atomic E-state index is 0.0672. The van der Waals surface area contributed by atoms with Gasteiger partial charge in [0, 0.05) is 36.3 Å². The monoisotopic (exact) mass is 376 g/mol. The van der Waals surface area contributed by atoms with Crippen LogP contribution in [-0.2, 0) is 4.79 Å². The van der Waals surface area contributed by atoms with E-state index in [0.29, 0.717) is 26.2 Å². The summed E-state index contributed by atoms with van der Waals surface area (Å²) in [7, 11) is 0. The fourth-order valence-corrected chi connectivity index (χ4v) is 3.13. The molecular formula is C15H16BrF3N2O. The third-order valence-electron chi connectivity index (χ3n) is 4.46. The predicted molar refractivity (Wildman–Crippen MR) is 80.7 cm³/mol. The third kappa shape index (κ3) is 2.71. The van der Waals surface area contributed by atoms with E-state index >= 15 is 0 Å². The van der Waals surface area contributed by atoms with E-state index in [2.05, 4.69) is 20.8 Å². The van der Waals surface area contributed by atoms with Gasteiger partial charge in [-0.25, -0.2) is 0 Å². The summed E-state index contributed by atoms with van der Waals surface area (Å²) >= 11 is 3.37. The van der Waals surface area contributed by atoms with Gasteiger partial charge in [0.25, 0.3) is 0 Å². The van der Waals surface area contributed by atoms with Gasteiger partial charge in [0.15, 0.2) is 0 Å². The first-order chi connectivity index (χ1) is 10.3. The van der Waals surface area contributed by atoms with Crippen LogP contribution in [0.5, 0.6) is 0 Å². The number of halogens is 4. The van der Waals surface area contributed by atoms with Gasteiger partial charge in [-0.2, -0.15) is 13.2 Å². The largest absolute Gasteiger partial charge is 0.403 e. The molecule has 2 fully saturated rings. The molecule has 1 aromatic rings. The van der Waals surface area contributed by atoms with Crippen molar-refractivity contribution in [1.29, 1.82) is 0 Å². The Bertz CT molecular complexity index is 561. The van der Waals surface area contributed by atoms with Gasteiger partial charge in [-0.3, -0.25) is 4.79 Å². The molecule has 3 nitrogen and oxygen atoms in total. The highest BCUT2D eigenvalue weighted by Gasteiger charge is 2.69. The number of alkyl halides is 3. The second-order valence-electron chi connectivity index (χ2n) is 5.84. The van der Waals surface area contributed by atoms with Crippen molar-refractivity contribution in [2.75, 3.05) is 31.1 Å². The van der Waals surface area contributed by atoms with Crippen LogP contribution in [0.4, 0.5) is 18.9 Å². The summed E-state index contributed by atoms with van der Waals surface area (Å²) in [5.74, 6) is -0.740. The Morgan fingerprint density at radius 1 is 1.05 bits per heavy atom. The topological polar surface area (TPSA) is 23.6 Å². The molecule has 1 heterocycles. The van der Waals surface area contributed by atoms with Gasteiger partial charge in [-0.05, 0) is 37.1 Å². The van der Waals surface area contributed by atoms with Gasteiger partial charge in [0.2, 0.25) is 5.91 Å². The van der Waals surface area contributed by atoms with Crippen molar-refractivity contribution in [2.45, 2.75) is 19.0 Å². The fourth-order valence-electron chi connectivity index (χ4n) is 2.87. The summed E-state index contributed by atoms with van der Waals surface area (Å²) in [6.07, 6.45) is -4.56. The lowest BCUT2D eigenvalue weighted by atomic mass is 10.0. The quantitative estimate of drug-likeness (QED) is 0.789. The van der Waals surface area contributed by atoms with Crippen LogP contribution in [0.25, 0.3) is 0 Å². The molecule has 0 N–H and O–H groups in total. The highest BCUT2D eigenvalue weighted by atomic mass is 79.9. The minimum atomic E-state index is -4.42. The number of amides is 1. The molecule has 7 heteroatoms. The van der Waals surface area contributed by atoms with E-state index in [0.717, 1.165) is 10.2 Å². The number of nitrogens with zero attached hydrogens (tertiary/aromatic N) is 2. The second-order valence-corrected chi connectivity index (χ2v) is 6.75. The van der Waals surface area contributed by atoms with E-state index in [9.17, 15) is 18.0 Å². The predicted octanol–water partition coefficient (Wildman–Crippen LogP) is 3.44. The van der Waals surface area contributed by atoms with Gasteiger partial charge in [0.05, 0.1) is 0 Å². The van der Waals surface area contributed by atoms with Crippen LogP contribution in [-0.4, -0.2) is 43.2 Å². The molecule has 120 valence electrons. The van der Waals surface area contributed by atoms with E-state index in [1.54, 1.807) is 0 Å². The van der Waals surface area contributed by atoms with Gasteiger partial charge in [-0.15, -0.1) is 0 Å². The summed E-state index contributed by atoms with van der Waals surface area (Å²) in [4.78, 5) is 15.7. The fraction of sp³-hybridized carbons (Fsp3) is 0.533. The number of carbonyl (C=O) groups excluding carboxylic acids is 1. The first-order valence-corrected chi connectivity index (χ1v) is 7.99. The number of hydrogen-bond donors (Lipinski definition) is 0. The molecule has 0 spiro atoms. The molecule has 0 unspecified atom stereocenters. The number of piperazine rings is 1. The summed E-state index contributed by atoms with van der Waals surface area (Å²) < 4.78 is 40.0. The molecule has 1 amide bonds. The SMILES string of the molecule is O=C(N1CCN(c2ccc(Br)cc2)CC1)C1(C(F)(F)F)CC1. The van der Waals surface area contributed by atoms with E-state index in [4.69, 9.17) is 0 Å². The van der Waals surface area contributed by atoms with Crippen LogP contribution in [0.2, 0.25) is 0 Å². The van der Waals surface area contributed by atoms with E-state index < -0.39 is 17.5 Å². The molecule has 0 aromatic heterocycles. The number of carbonyl (C=O) groups is 1. The standard InChI is InChI=1S/C15H16BrF3N2O/c16-11-1-3-12(4-2-11)20-7-9-21(10-8-20)13(22)14(5-6-14)15(17,18)19/h1-4H,5-10H2. The Balaban J connectivity index is 1.63. The Morgan fingerprint density at radius 3 is 2.05 bits per heavy atom. The highest BCUT2D eigenvalue weighted by Crippen LogP contribution is 2.58. The third-order valence-corrected chi connectivity index (χ3v) is 4.99. The van der Waals surface area contributed by atoms with Crippen molar-refractivity contribution in [2.24, 2.45) is 5.41 Å². The molecular weight excluding hydrogens is 361 g/mol. The summed E-state index contributed by atoms with van der Waals surface area (Å²) in [5.41, 5.74) is -1.07. The first kappa shape index (κ1) is 15.6. The van der Waals surface area contributed by atoms with Crippen LogP contribution in [0, 0.1) is 5.41 Å². The zero-order chi connectivity index (χ0) is 16.0. The van der Waals surface area contributed by atoms with Crippen molar-refractivity contribution in [1.82, 2.24) is 4.90 Å². The van der Waals surface area contributed by atoms with Gasteiger partial charge in [-0.1, -0.05) is 15.9 Å². The molecule has 1 saturated heterocycles. The molecule has 3 rings (SSSR count). The Kier molecular flexibility index (Phi) is 3.87. The zero-order valence-corrected chi connectivity index (χ0v) is 13.5. The zero-order valence-electron chi connectivity index (χ0n) is 11.9. The average molecular weight is 377 g/mol. The van der Waals surface area contributed by atoms with Crippen LogP contribution >= 0.6 is 15.9 Å². The molecule has 1 aliphatic heterocycles. The van der Waals surface area contributed by atoms with E-state index in [-0.39, 0.29) is 12.8 Å². The van der Waals surface area contributed by atoms with Crippen LogP contribution in [0.1, 0.15) is 12.8 Å². The van der Waals surface area contributed by atoms with E-state index in [1.165, 1.54) is 4.90 Å². The normalized spacial score (nSPS) is 20.9. The summed E-state index contributed by atoms with van der Waals surface area (Å²) in [5, 5.41) is 0. The number of rotatable bonds is 2. The molecule has 0 bridgehead atoms. The first-order valence-electron chi connectivity index (χ1n) is 7.20. The maximum atomic E-state index is 13.0. The molecule has 0 atom stereocenters. The Hall–Kier alpha value is -1.24. The van der Waals surface area contributed by atoms with Crippen LogP contribution in [0.3, 0.4) is 0 Å². The van der Waals surface area contributed by atoms with Gasteiger partial charge >= 0.3 is 6.18 Å². The maximum absolute atomic E-state index is 13.0. The molecule has 2 aliphatic rings. The Morgan fingerprint density at radius 2 is 1.59 bits per heavy atom. The van der Waals surface area contributed by atoms with Gasteiger partial charge in [0.1, 0.15) is 5.41 Å². The molecule has 1 saturated carbocycles. The van der Waals surface area contributed by atoms with Crippen LogP contribution in [0.15, 0.2) is 28.7 Å². The van der Waals surface area contributed by atoms with Gasteiger partial charge < -0.3 is 9.80 Å². The summed E-state index contributed by atoms with van der Waals surface area (Å²) in [6, 6.07) is 7.77. The van der Waals surface area contributed by atoms with Crippen LogP contribution < -0.4 is 4.90 Å². The average Bonchev–Trinajstić information content (AvgIpc) is 3.29. The lowest BCUT2D eigenvalue weighted by molar-refractivity contribution is -0.198.